The van der Waals surface area contributed by atoms with Crippen molar-refractivity contribution in [3.8, 4) is 0 Å². The normalized spacial score (nSPS) is 11.1. The van der Waals surface area contributed by atoms with Gasteiger partial charge in [-0.1, -0.05) is 18.2 Å². The minimum Gasteiger partial charge on any atom is -0.477 e. The number of nitrogens with one attached hydrogen (secondary N) is 2. The van der Waals surface area contributed by atoms with Crippen LogP contribution in [0.15, 0.2) is 35.1 Å². The average molecular weight is 228 g/mol. The average Bonchev–Trinajstić information content (AvgIpc) is 2.75. The zero-order valence-corrected chi connectivity index (χ0v) is 8.65. The maximum atomic E-state index is 11.7. The van der Waals surface area contributed by atoms with Gasteiger partial charge in [0.05, 0.1) is 0 Å². The molecule has 0 aliphatic heterocycles. The van der Waals surface area contributed by atoms with Crippen LogP contribution >= 0.6 is 0 Å². The van der Waals surface area contributed by atoms with Crippen LogP contribution in [-0.4, -0.2) is 21.0 Å². The molecular formula is C12H8N2O3. The number of hydrogen-bond donors (Lipinski definition) is 3. The summed E-state index contributed by atoms with van der Waals surface area (Å²) in [6.45, 7) is 0. The summed E-state index contributed by atoms with van der Waals surface area (Å²) in [6.07, 6.45) is 0. The topological polar surface area (TPSA) is 85.9 Å². The first-order valence-corrected chi connectivity index (χ1v) is 5.04. The summed E-state index contributed by atoms with van der Waals surface area (Å²) in [4.78, 5) is 27.9. The molecule has 0 saturated heterocycles. The molecule has 0 saturated carbocycles. The molecule has 3 N–H and O–H groups in total. The molecule has 3 rings (SSSR count). The molecule has 0 spiro atoms. The summed E-state index contributed by atoms with van der Waals surface area (Å²) in [5, 5.41) is 10.4. The van der Waals surface area contributed by atoms with Crippen LogP contribution in [0.5, 0.6) is 0 Å². The van der Waals surface area contributed by atoms with Crippen molar-refractivity contribution in [2.75, 3.05) is 0 Å². The number of carbonyl (C=O) groups is 1. The van der Waals surface area contributed by atoms with Gasteiger partial charge in [0.25, 0.3) is 5.56 Å². The van der Waals surface area contributed by atoms with Crippen LogP contribution < -0.4 is 5.56 Å². The molecule has 1 aromatic carbocycles. The molecule has 0 aliphatic rings. The molecule has 0 amide bonds. The number of hydrogen-bond acceptors (Lipinski definition) is 2. The minimum atomic E-state index is -1.08. The molecule has 0 radical (unpaired) electrons. The third-order valence-electron chi connectivity index (χ3n) is 2.74. The van der Waals surface area contributed by atoms with E-state index in [1.165, 1.54) is 6.07 Å². The fraction of sp³-hybridized carbons (Fsp3) is 0. The molecule has 0 bridgehead atoms. The van der Waals surface area contributed by atoms with Crippen LogP contribution in [0.2, 0.25) is 0 Å². The van der Waals surface area contributed by atoms with Crippen molar-refractivity contribution >= 4 is 27.8 Å². The molecule has 0 fully saturated rings. The van der Waals surface area contributed by atoms with Gasteiger partial charge in [0.2, 0.25) is 0 Å². The molecule has 2 heterocycles. The lowest BCUT2D eigenvalue weighted by atomic mass is 10.1. The summed E-state index contributed by atoms with van der Waals surface area (Å²) in [5.74, 6) is -1.08. The van der Waals surface area contributed by atoms with E-state index in [-0.39, 0.29) is 11.3 Å². The molecule has 0 unspecified atom stereocenters. The summed E-state index contributed by atoms with van der Waals surface area (Å²) >= 11 is 0. The molecule has 2 aromatic heterocycles. The summed E-state index contributed by atoms with van der Waals surface area (Å²) < 4.78 is 0. The van der Waals surface area contributed by atoms with Gasteiger partial charge >= 0.3 is 5.97 Å². The number of fused-ring (bicyclic) bond motifs is 3. The molecule has 3 aromatic rings. The minimum absolute atomic E-state index is 0.0156. The zero-order chi connectivity index (χ0) is 12.0. The van der Waals surface area contributed by atoms with Crippen molar-refractivity contribution in [1.29, 1.82) is 0 Å². The first-order valence-electron chi connectivity index (χ1n) is 5.04. The monoisotopic (exact) mass is 228 g/mol. The number of aromatic carboxylic acids is 1. The Hall–Kier alpha value is -2.56. The van der Waals surface area contributed by atoms with E-state index in [2.05, 4.69) is 9.97 Å². The van der Waals surface area contributed by atoms with Crippen molar-refractivity contribution in [1.82, 2.24) is 9.97 Å². The molecule has 5 nitrogen and oxygen atoms in total. The van der Waals surface area contributed by atoms with E-state index in [1.807, 2.05) is 18.2 Å². The van der Waals surface area contributed by atoms with Crippen LogP contribution in [0.4, 0.5) is 0 Å². The van der Waals surface area contributed by atoms with E-state index in [1.54, 1.807) is 6.07 Å². The van der Waals surface area contributed by atoms with Crippen molar-refractivity contribution in [3.05, 3.63) is 46.4 Å². The van der Waals surface area contributed by atoms with Gasteiger partial charge in [0, 0.05) is 16.3 Å². The first-order chi connectivity index (χ1) is 8.16. The van der Waals surface area contributed by atoms with Crippen molar-refractivity contribution in [2.24, 2.45) is 0 Å². The lowest BCUT2D eigenvalue weighted by Crippen LogP contribution is -2.06. The van der Waals surface area contributed by atoms with Crippen LogP contribution in [0.25, 0.3) is 21.8 Å². The standard InChI is InChI=1S/C12H8N2O3/c15-11-10-7(5-9(13-10)12(16)17)6-3-1-2-4-8(6)14-11/h1-5,13H,(H,14,15)(H,16,17). The number of carboxylic acids is 1. The number of aromatic amines is 2. The third kappa shape index (κ3) is 1.32. The van der Waals surface area contributed by atoms with Gasteiger partial charge in [-0.25, -0.2) is 4.79 Å². The van der Waals surface area contributed by atoms with Crippen molar-refractivity contribution in [2.45, 2.75) is 0 Å². The van der Waals surface area contributed by atoms with Crippen LogP contribution in [0.3, 0.4) is 0 Å². The zero-order valence-electron chi connectivity index (χ0n) is 8.65. The Morgan fingerprint density at radius 1 is 1.12 bits per heavy atom. The first kappa shape index (κ1) is 9.65. The SMILES string of the molecule is O=C(O)c1cc2c([nH]1)c(=O)[nH]c1ccccc12. The number of benzene rings is 1. The van der Waals surface area contributed by atoms with Gasteiger partial charge in [-0.2, -0.15) is 0 Å². The second-order valence-corrected chi connectivity index (χ2v) is 3.78. The smallest absolute Gasteiger partial charge is 0.352 e. The predicted octanol–water partition coefficient (Wildman–Crippen LogP) is 1.71. The Kier molecular flexibility index (Phi) is 1.82. The van der Waals surface area contributed by atoms with Crippen molar-refractivity contribution in [3.63, 3.8) is 0 Å². The number of aromatic nitrogens is 2. The fourth-order valence-electron chi connectivity index (χ4n) is 1.97. The van der Waals surface area contributed by atoms with Crippen LogP contribution in [-0.2, 0) is 0 Å². The van der Waals surface area contributed by atoms with Gasteiger partial charge < -0.3 is 15.1 Å². The number of rotatable bonds is 1. The van der Waals surface area contributed by atoms with E-state index >= 15 is 0 Å². The Labute approximate surface area is 94.7 Å². The Bertz CT molecular complexity index is 798. The van der Waals surface area contributed by atoms with Crippen LogP contribution in [0, 0.1) is 0 Å². The highest BCUT2D eigenvalue weighted by atomic mass is 16.4. The Morgan fingerprint density at radius 3 is 2.65 bits per heavy atom. The quantitative estimate of drug-likeness (QED) is 0.592. The molecule has 84 valence electrons. The maximum absolute atomic E-state index is 11.7. The molecular weight excluding hydrogens is 220 g/mol. The highest BCUT2D eigenvalue weighted by molar-refractivity contribution is 6.07. The number of pyridine rings is 1. The molecule has 0 atom stereocenters. The Balaban J connectivity index is 2.56. The molecule has 17 heavy (non-hydrogen) atoms. The maximum Gasteiger partial charge on any atom is 0.352 e. The summed E-state index contributed by atoms with van der Waals surface area (Å²) in [6, 6.07) is 8.76. The second-order valence-electron chi connectivity index (χ2n) is 3.78. The Morgan fingerprint density at radius 2 is 1.88 bits per heavy atom. The second kappa shape index (κ2) is 3.21. The lowest BCUT2D eigenvalue weighted by Gasteiger charge is -1.97. The highest BCUT2D eigenvalue weighted by Gasteiger charge is 2.12. The van der Waals surface area contributed by atoms with Gasteiger partial charge in [-0.15, -0.1) is 0 Å². The van der Waals surface area contributed by atoms with Gasteiger partial charge in [0.15, 0.2) is 0 Å². The van der Waals surface area contributed by atoms with E-state index < -0.39 is 5.97 Å². The number of para-hydroxylation sites is 1. The van der Waals surface area contributed by atoms with Gasteiger partial charge in [-0.3, -0.25) is 4.79 Å². The molecule has 0 aliphatic carbocycles. The van der Waals surface area contributed by atoms with Gasteiger partial charge in [0.1, 0.15) is 11.2 Å². The lowest BCUT2D eigenvalue weighted by molar-refractivity contribution is 0.0691. The largest absolute Gasteiger partial charge is 0.477 e. The third-order valence-corrected chi connectivity index (χ3v) is 2.74. The van der Waals surface area contributed by atoms with E-state index in [4.69, 9.17) is 5.11 Å². The van der Waals surface area contributed by atoms with Crippen LogP contribution in [0.1, 0.15) is 10.5 Å². The van der Waals surface area contributed by atoms with E-state index in [9.17, 15) is 9.59 Å². The highest BCUT2D eigenvalue weighted by Crippen LogP contribution is 2.21. The molecule has 5 heteroatoms. The fourth-order valence-corrected chi connectivity index (χ4v) is 1.97. The summed E-state index contributed by atoms with van der Waals surface area (Å²) in [5.41, 5.74) is 0.690. The predicted molar refractivity (Wildman–Crippen MR) is 63.4 cm³/mol. The van der Waals surface area contributed by atoms with E-state index in [0.29, 0.717) is 16.4 Å². The number of H-pyrrole nitrogens is 2. The number of carboxylic acid groups (broad SMARTS) is 1. The van der Waals surface area contributed by atoms with E-state index in [0.717, 1.165) is 5.39 Å². The van der Waals surface area contributed by atoms with Crippen molar-refractivity contribution < 1.29 is 9.90 Å². The van der Waals surface area contributed by atoms with Gasteiger partial charge in [-0.05, 0) is 12.1 Å². The summed E-state index contributed by atoms with van der Waals surface area (Å²) in [7, 11) is 0.